The smallest absolute Gasteiger partial charge is 0.255 e. The van der Waals surface area contributed by atoms with Gasteiger partial charge in [-0.1, -0.05) is 0 Å². The molecule has 1 atom stereocenters. The summed E-state index contributed by atoms with van der Waals surface area (Å²) in [7, 11) is 0. The molecule has 2 amide bonds. The minimum Gasteiger partial charge on any atom is -0.354 e. The van der Waals surface area contributed by atoms with Gasteiger partial charge in [0.05, 0.1) is 18.6 Å². The summed E-state index contributed by atoms with van der Waals surface area (Å²) in [4.78, 5) is 44.4. The van der Waals surface area contributed by atoms with Gasteiger partial charge in [0.25, 0.3) is 11.8 Å². The van der Waals surface area contributed by atoms with Crippen molar-refractivity contribution in [3.05, 3.63) is 76.7 Å². The molecular weight excluding hydrogens is 567 g/mol. The van der Waals surface area contributed by atoms with E-state index >= 15 is 4.39 Å². The quantitative estimate of drug-likeness (QED) is 0.351. The van der Waals surface area contributed by atoms with Crippen LogP contribution < -0.4 is 15.5 Å². The van der Waals surface area contributed by atoms with E-state index < -0.39 is 23.7 Å². The van der Waals surface area contributed by atoms with Gasteiger partial charge in [0.1, 0.15) is 11.6 Å². The second-order valence-corrected chi connectivity index (χ2v) is 11.1. The van der Waals surface area contributed by atoms with E-state index in [4.69, 9.17) is 0 Å². The van der Waals surface area contributed by atoms with Gasteiger partial charge in [0, 0.05) is 72.9 Å². The van der Waals surface area contributed by atoms with Crippen molar-refractivity contribution in [3.8, 4) is 11.1 Å². The molecule has 0 aliphatic carbocycles. The summed E-state index contributed by atoms with van der Waals surface area (Å²) in [5, 5.41) is 8.34. The predicted molar refractivity (Wildman–Crippen MR) is 156 cm³/mol. The van der Waals surface area contributed by atoms with E-state index in [1.807, 2.05) is 16.7 Å². The SMILES string of the molecule is Cl.O=C(Nc1nccs1)C(c1ncn2c1CCC2)N1Cc2c(F)cc(-c3ccc(N4CCNCC4)nc3)cc2C1=O. The number of aromatic nitrogens is 4. The first-order valence-corrected chi connectivity index (χ1v) is 14.2. The number of imidazole rings is 1. The summed E-state index contributed by atoms with van der Waals surface area (Å²) in [6, 6.07) is 5.96. The summed E-state index contributed by atoms with van der Waals surface area (Å²) in [6.45, 7) is 4.35. The van der Waals surface area contributed by atoms with Gasteiger partial charge >= 0.3 is 0 Å². The average molecular weight is 595 g/mol. The second-order valence-electron chi connectivity index (χ2n) is 10.2. The Balaban J connectivity index is 0.00000302. The van der Waals surface area contributed by atoms with Crippen LogP contribution in [0.1, 0.15) is 39.8 Å². The molecule has 7 rings (SSSR count). The second kappa shape index (κ2) is 11.2. The maximum Gasteiger partial charge on any atom is 0.255 e. The minimum atomic E-state index is -1.01. The number of piperazine rings is 1. The maximum absolute atomic E-state index is 15.5. The first kappa shape index (κ1) is 27.3. The van der Waals surface area contributed by atoms with Crippen LogP contribution >= 0.6 is 23.7 Å². The van der Waals surface area contributed by atoms with E-state index in [9.17, 15) is 9.59 Å². The number of anilines is 2. The van der Waals surface area contributed by atoms with Gasteiger partial charge in [-0.05, 0) is 42.7 Å². The molecule has 3 aliphatic rings. The van der Waals surface area contributed by atoms with Crippen LogP contribution in [0.25, 0.3) is 11.1 Å². The summed E-state index contributed by atoms with van der Waals surface area (Å²) < 4.78 is 17.6. The third-order valence-corrected chi connectivity index (χ3v) is 8.50. The van der Waals surface area contributed by atoms with Gasteiger partial charge in [-0.3, -0.25) is 14.9 Å². The number of halogens is 2. The largest absolute Gasteiger partial charge is 0.354 e. The molecule has 2 N–H and O–H groups in total. The Morgan fingerprint density at radius 2 is 1.95 bits per heavy atom. The lowest BCUT2D eigenvalue weighted by Crippen LogP contribution is -2.43. The number of aryl methyl sites for hydroxylation is 1. The Bertz CT molecular complexity index is 1590. The fourth-order valence-corrected chi connectivity index (χ4v) is 6.33. The molecule has 4 aromatic rings. The van der Waals surface area contributed by atoms with Crippen molar-refractivity contribution in [2.45, 2.75) is 32.0 Å². The molecule has 0 spiro atoms. The summed E-state index contributed by atoms with van der Waals surface area (Å²) in [5.74, 6) is -0.433. The zero-order chi connectivity index (χ0) is 27.2. The molecule has 1 fully saturated rings. The van der Waals surface area contributed by atoms with Gasteiger partial charge in [-0.25, -0.2) is 19.3 Å². The van der Waals surface area contributed by atoms with Crippen LogP contribution in [-0.4, -0.2) is 62.4 Å². The number of pyridine rings is 1. The maximum atomic E-state index is 15.5. The molecule has 0 radical (unpaired) electrons. The number of hydrogen-bond donors (Lipinski definition) is 2. The Kier molecular flexibility index (Phi) is 7.45. The lowest BCUT2D eigenvalue weighted by atomic mass is 10.0. The number of carbonyl (C=O) groups is 2. The van der Waals surface area contributed by atoms with Crippen LogP contribution in [0, 0.1) is 5.82 Å². The Morgan fingerprint density at radius 1 is 1.10 bits per heavy atom. The van der Waals surface area contributed by atoms with Crippen molar-refractivity contribution in [2.24, 2.45) is 0 Å². The molecule has 1 aromatic carbocycles. The van der Waals surface area contributed by atoms with Gasteiger partial charge in [-0.15, -0.1) is 23.7 Å². The van der Waals surface area contributed by atoms with Gasteiger partial charge in [0.2, 0.25) is 0 Å². The number of hydrogen-bond acceptors (Lipinski definition) is 8. The molecule has 0 saturated carbocycles. The first-order chi connectivity index (χ1) is 19.6. The highest BCUT2D eigenvalue weighted by Gasteiger charge is 2.42. The van der Waals surface area contributed by atoms with E-state index in [0.717, 1.165) is 62.6 Å². The van der Waals surface area contributed by atoms with Gasteiger partial charge in [0.15, 0.2) is 11.2 Å². The fraction of sp³-hybridized carbons (Fsp3) is 0.321. The van der Waals surface area contributed by atoms with E-state index in [1.165, 1.54) is 22.3 Å². The number of carbonyl (C=O) groups excluding carboxylic acids is 2. The molecule has 13 heteroatoms. The summed E-state index contributed by atoms with van der Waals surface area (Å²) in [6.07, 6.45) is 6.74. The van der Waals surface area contributed by atoms with Crippen LogP contribution in [0.4, 0.5) is 15.3 Å². The predicted octanol–water partition coefficient (Wildman–Crippen LogP) is 3.65. The number of benzene rings is 1. The molecule has 10 nitrogen and oxygen atoms in total. The lowest BCUT2D eigenvalue weighted by Gasteiger charge is -2.28. The highest BCUT2D eigenvalue weighted by molar-refractivity contribution is 7.13. The van der Waals surface area contributed by atoms with Crippen molar-refractivity contribution < 1.29 is 14.0 Å². The van der Waals surface area contributed by atoms with E-state index in [1.54, 1.807) is 30.2 Å². The van der Waals surface area contributed by atoms with E-state index in [0.29, 0.717) is 16.4 Å². The number of nitrogens with one attached hydrogen (secondary N) is 2. The Morgan fingerprint density at radius 3 is 2.71 bits per heavy atom. The average Bonchev–Trinajstić information content (AvgIpc) is 3.78. The minimum absolute atomic E-state index is 0. The third-order valence-electron chi connectivity index (χ3n) is 7.81. The van der Waals surface area contributed by atoms with Crippen LogP contribution in [0.5, 0.6) is 0 Å². The molecule has 41 heavy (non-hydrogen) atoms. The number of thiazole rings is 1. The molecule has 3 aliphatic heterocycles. The molecular formula is C28H28ClFN8O2S. The van der Waals surface area contributed by atoms with Crippen molar-refractivity contribution >= 4 is 46.5 Å². The third kappa shape index (κ3) is 4.96. The zero-order valence-electron chi connectivity index (χ0n) is 22.0. The van der Waals surface area contributed by atoms with E-state index in [2.05, 4.69) is 30.5 Å². The molecule has 1 saturated heterocycles. The Hall–Kier alpha value is -3.87. The zero-order valence-corrected chi connectivity index (χ0v) is 23.7. The van der Waals surface area contributed by atoms with Crippen molar-refractivity contribution in [1.29, 1.82) is 0 Å². The van der Waals surface area contributed by atoms with Gasteiger partial charge < -0.3 is 19.7 Å². The van der Waals surface area contributed by atoms with Crippen LogP contribution in [0.15, 0.2) is 48.4 Å². The monoisotopic (exact) mass is 594 g/mol. The van der Waals surface area contributed by atoms with Crippen molar-refractivity contribution in [3.63, 3.8) is 0 Å². The summed E-state index contributed by atoms with van der Waals surface area (Å²) in [5.41, 5.74) is 3.28. The Labute approximate surface area is 246 Å². The topological polar surface area (TPSA) is 108 Å². The highest BCUT2D eigenvalue weighted by Crippen LogP contribution is 2.38. The van der Waals surface area contributed by atoms with E-state index in [-0.39, 0.29) is 30.1 Å². The number of fused-ring (bicyclic) bond motifs is 2. The van der Waals surface area contributed by atoms with Crippen LogP contribution in [0.3, 0.4) is 0 Å². The summed E-state index contributed by atoms with van der Waals surface area (Å²) >= 11 is 1.29. The lowest BCUT2D eigenvalue weighted by molar-refractivity contribution is -0.121. The number of nitrogens with zero attached hydrogens (tertiary/aromatic N) is 6. The van der Waals surface area contributed by atoms with Crippen molar-refractivity contribution in [1.82, 2.24) is 29.7 Å². The van der Waals surface area contributed by atoms with Crippen molar-refractivity contribution in [2.75, 3.05) is 36.4 Å². The number of amides is 2. The molecule has 3 aromatic heterocycles. The normalized spacial score (nSPS) is 16.8. The number of rotatable bonds is 6. The van der Waals surface area contributed by atoms with Crippen LogP contribution in [-0.2, 0) is 24.3 Å². The standard InChI is InChI=1S/C28H27FN8O2S.ClH/c29-21-13-18(17-3-4-23(32-14-17)35-9-5-30-6-10-35)12-19-20(21)15-37(27(19)39)25(26(38)34-28-31-7-11-40-28)24-22-2-1-8-36(22)16-33-24;/h3-4,7,11-14,16,25,30H,1-2,5-6,8-10,15H2,(H,31,34,38);1H. The van der Waals surface area contributed by atoms with Gasteiger partial charge in [-0.2, -0.15) is 0 Å². The molecule has 1 unspecified atom stereocenters. The fourth-order valence-electron chi connectivity index (χ4n) is 5.80. The first-order valence-electron chi connectivity index (χ1n) is 13.4. The highest BCUT2D eigenvalue weighted by atomic mass is 35.5. The van der Waals surface area contributed by atoms with Crippen LogP contribution in [0.2, 0.25) is 0 Å². The molecule has 0 bridgehead atoms. The molecule has 6 heterocycles. The molecule has 212 valence electrons.